The molecule has 1 aromatic carbocycles. The van der Waals surface area contributed by atoms with Crippen molar-refractivity contribution in [3.8, 4) is 11.8 Å². The summed E-state index contributed by atoms with van der Waals surface area (Å²) in [5, 5.41) is 13.3. The number of non-ortho nitro benzene ring substituents is 1. The van der Waals surface area contributed by atoms with E-state index in [1.54, 1.807) is 6.92 Å². The van der Waals surface area contributed by atoms with Crippen LogP contribution in [0.15, 0.2) is 12.1 Å². The van der Waals surface area contributed by atoms with Gasteiger partial charge in [-0.1, -0.05) is 11.8 Å². The number of nitro groups is 1. The number of hydrogen-bond acceptors (Lipinski definition) is 4. The van der Waals surface area contributed by atoms with Gasteiger partial charge in [-0.15, -0.1) is 0 Å². The maximum Gasteiger partial charge on any atom is 0.271 e. The van der Waals surface area contributed by atoms with Crippen molar-refractivity contribution in [3.63, 3.8) is 0 Å². The zero-order chi connectivity index (χ0) is 14.4. The summed E-state index contributed by atoms with van der Waals surface area (Å²) in [5.41, 5.74) is 7.30. The van der Waals surface area contributed by atoms with E-state index in [9.17, 15) is 14.9 Å². The number of nitro benzene ring substituents is 1. The smallest absolute Gasteiger partial charge is 0.271 e. The standard InChI is InChI=1S/C13H15N3O3/c1-9-7-12(16(18)19)8-11(13(9)14)5-3-4-6-15-10(2)17/h7-8H,4,6,14H2,1-2H3,(H,15,17). The number of aryl methyl sites for hydroxylation is 1. The SMILES string of the molecule is CC(=O)NCCC#Cc1cc([N+](=O)[O-])cc(C)c1N. The molecule has 1 rings (SSSR count). The van der Waals surface area contributed by atoms with Crippen LogP contribution in [0.2, 0.25) is 0 Å². The Morgan fingerprint density at radius 1 is 1.53 bits per heavy atom. The van der Waals surface area contributed by atoms with Crippen molar-refractivity contribution < 1.29 is 9.72 Å². The topological polar surface area (TPSA) is 98.3 Å². The lowest BCUT2D eigenvalue weighted by Crippen LogP contribution is -2.20. The Morgan fingerprint density at radius 3 is 2.79 bits per heavy atom. The number of anilines is 1. The fourth-order valence-electron chi connectivity index (χ4n) is 1.45. The molecule has 0 atom stereocenters. The molecule has 1 aromatic rings. The third kappa shape index (κ3) is 4.32. The summed E-state index contributed by atoms with van der Waals surface area (Å²) in [5.74, 6) is 5.50. The highest BCUT2D eigenvalue weighted by Crippen LogP contribution is 2.23. The molecular formula is C13H15N3O3. The van der Waals surface area contributed by atoms with Gasteiger partial charge in [-0.05, 0) is 12.5 Å². The Bertz CT molecular complexity index is 570. The summed E-state index contributed by atoms with van der Waals surface area (Å²) < 4.78 is 0. The average Bonchev–Trinajstić information content (AvgIpc) is 2.33. The lowest BCUT2D eigenvalue weighted by molar-refractivity contribution is -0.384. The number of carbonyl (C=O) groups is 1. The van der Waals surface area contributed by atoms with E-state index in [1.165, 1.54) is 19.1 Å². The molecule has 6 heteroatoms. The third-order valence-electron chi connectivity index (χ3n) is 2.43. The summed E-state index contributed by atoms with van der Waals surface area (Å²) in [7, 11) is 0. The van der Waals surface area contributed by atoms with E-state index in [0.717, 1.165) is 0 Å². The number of carbonyl (C=O) groups excluding carboxylic acids is 1. The van der Waals surface area contributed by atoms with Crippen molar-refractivity contribution >= 4 is 17.3 Å². The van der Waals surface area contributed by atoms with Crippen LogP contribution in [-0.2, 0) is 4.79 Å². The Morgan fingerprint density at radius 2 is 2.21 bits per heavy atom. The molecular weight excluding hydrogens is 246 g/mol. The summed E-state index contributed by atoms with van der Waals surface area (Å²) >= 11 is 0. The molecule has 0 aliphatic carbocycles. The van der Waals surface area contributed by atoms with Crippen LogP contribution in [0.3, 0.4) is 0 Å². The van der Waals surface area contributed by atoms with Gasteiger partial charge < -0.3 is 11.1 Å². The number of nitrogens with one attached hydrogen (secondary N) is 1. The van der Waals surface area contributed by atoms with Crippen LogP contribution in [0, 0.1) is 28.9 Å². The van der Waals surface area contributed by atoms with Crippen molar-refractivity contribution in [1.82, 2.24) is 5.32 Å². The number of nitrogens with two attached hydrogens (primary N) is 1. The van der Waals surface area contributed by atoms with Gasteiger partial charge in [0.2, 0.25) is 5.91 Å². The van der Waals surface area contributed by atoms with Gasteiger partial charge >= 0.3 is 0 Å². The Hall–Kier alpha value is -2.55. The quantitative estimate of drug-likeness (QED) is 0.282. The second-order valence-corrected chi connectivity index (χ2v) is 4.02. The van der Waals surface area contributed by atoms with Gasteiger partial charge in [-0.2, -0.15) is 0 Å². The van der Waals surface area contributed by atoms with E-state index in [0.29, 0.717) is 29.8 Å². The summed E-state index contributed by atoms with van der Waals surface area (Å²) in [6.07, 6.45) is 0.459. The van der Waals surface area contributed by atoms with Crippen LogP contribution in [-0.4, -0.2) is 17.4 Å². The highest BCUT2D eigenvalue weighted by Gasteiger charge is 2.10. The van der Waals surface area contributed by atoms with Gasteiger partial charge in [0.1, 0.15) is 0 Å². The molecule has 0 radical (unpaired) electrons. The number of nitrogens with zero attached hydrogens (tertiary/aromatic N) is 1. The van der Waals surface area contributed by atoms with Crippen LogP contribution in [0.5, 0.6) is 0 Å². The molecule has 0 saturated carbocycles. The summed E-state index contributed by atoms with van der Waals surface area (Å²) in [6, 6.07) is 2.77. The van der Waals surface area contributed by atoms with Gasteiger partial charge in [0.05, 0.1) is 16.2 Å². The monoisotopic (exact) mass is 261 g/mol. The van der Waals surface area contributed by atoms with Crippen molar-refractivity contribution in [2.24, 2.45) is 0 Å². The van der Waals surface area contributed by atoms with Crippen LogP contribution in [0.1, 0.15) is 24.5 Å². The highest BCUT2D eigenvalue weighted by atomic mass is 16.6. The maximum atomic E-state index is 10.7. The summed E-state index contributed by atoms with van der Waals surface area (Å²) in [4.78, 5) is 20.9. The van der Waals surface area contributed by atoms with E-state index >= 15 is 0 Å². The first-order valence-corrected chi connectivity index (χ1v) is 5.69. The predicted molar refractivity (Wildman–Crippen MR) is 72.4 cm³/mol. The molecule has 0 saturated heterocycles. The zero-order valence-electron chi connectivity index (χ0n) is 10.8. The molecule has 0 aliphatic rings. The van der Waals surface area contributed by atoms with Crippen molar-refractivity contribution in [2.45, 2.75) is 20.3 Å². The minimum absolute atomic E-state index is 0.0298. The molecule has 19 heavy (non-hydrogen) atoms. The maximum absolute atomic E-state index is 10.7. The van der Waals surface area contributed by atoms with E-state index in [1.807, 2.05) is 0 Å². The molecule has 6 nitrogen and oxygen atoms in total. The molecule has 0 aromatic heterocycles. The van der Waals surface area contributed by atoms with E-state index in [4.69, 9.17) is 5.73 Å². The van der Waals surface area contributed by atoms with Gasteiger partial charge in [0.15, 0.2) is 0 Å². The fourth-order valence-corrected chi connectivity index (χ4v) is 1.45. The first-order chi connectivity index (χ1) is 8.91. The molecule has 0 unspecified atom stereocenters. The number of hydrogen-bond donors (Lipinski definition) is 2. The fraction of sp³-hybridized carbons (Fsp3) is 0.308. The van der Waals surface area contributed by atoms with Crippen molar-refractivity contribution in [3.05, 3.63) is 33.4 Å². The molecule has 0 spiro atoms. The minimum atomic E-state index is -0.477. The highest BCUT2D eigenvalue weighted by molar-refractivity contribution is 5.72. The molecule has 0 heterocycles. The number of benzene rings is 1. The van der Waals surface area contributed by atoms with Crippen LogP contribution in [0.25, 0.3) is 0 Å². The normalized spacial score (nSPS) is 9.37. The second kappa shape index (κ2) is 6.40. The molecule has 0 fully saturated rings. The first kappa shape index (κ1) is 14.5. The molecule has 3 N–H and O–H groups in total. The average molecular weight is 261 g/mol. The third-order valence-corrected chi connectivity index (χ3v) is 2.43. The Kier molecular flexibility index (Phi) is 4.89. The zero-order valence-corrected chi connectivity index (χ0v) is 10.8. The summed E-state index contributed by atoms with van der Waals surface area (Å²) in [6.45, 7) is 3.57. The van der Waals surface area contributed by atoms with Gasteiger partial charge in [0.25, 0.3) is 5.69 Å². The molecule has 0 aliphatic heterocycles. The van der Waals surface area contributed by atoms with E-state index < -0.39 is 4.92 Å². The van der Waals surface area contributed by atoms with Crippen LogP contribution in [0.4, 0.5) is 11.4 Å². The Balaban J connectivity index is 2.86. The van der Waals surface area contributed by atoms with Gasteiger partial charge in [0, 0.05) is 32.0 Å². The van der Waals surface area contributed by atoms with Crippen molar-refractivity contribution in [2.75, 3.05) is 12.3 Å². The molecule has 100 valence electrons. The number of rotatable bonds is 3. The Labute approximate surface area is 111 Å². The largest absolute Gasteiger partial charge is 0.397 e. The first-order valence-electron chi connectivity index (χ1n) is 5.69. The number of amides is 1. The molecule has 1 amide bonds. The lowest BCUT2D eigenvalue weighted by atomic mass is 10.1. The van der Waals surface area contributed by atoms with Gasteiger partial charge in [-0.25, -0.2) is 0 Å². The number of nitrogen functional groups attached to an aromatic ring is 1. The van der Waals surface area contributed by atoms with E-state index in [-0.39, 0.29) is 11.6 Å². The minimum Gasteiger partial charge on any atom is -0.397 e. The van der Waals surface area contributed by atoms with Crippen LogP contribution < -0.4 is 11.1 Å². The lowest BCUT2D eigenvalue weighted by Gasteiger charge is -2.03. The van der Waals surface area contributed by atoms with Gasteiger partial charge in [-0.3, -0.25) is 14.9 Å². The van der Waals surface area contributed by atoms with Crippen LogP contribution >= 0.6 is 0 Å². The molecule has 0 bridgehead atoms. The second-order valence-electron chi connectivity index (χ2n) is 4.02. The predicted octanol–water partition coefficient (Wildman–Crippen LogP) is 1.36. The van der Waals surface area contributed by atoms with Crippen molar-refractivity contribution in [1.29, 1.82) is 0 Å². The van der Waals surface area contributed by atoms with E-state index in [2.05, 4.69) is 17.2 Å².